The summed E-state index contributed by atoms with van der Waals surface area (Å²) in [5, 5.41) is 14.6. The second kappa shape index (κ2) is 12.8. The van der Waals surface area contributed by atoms with Crippen molar-refractivity contribution in [3.63, 3.8) is 0 Å². The van der Waals surface area contributed by atoms with Gasteiger partial charge in [-0.2, -0.15) is 0 Å². The number of anilines is 3. The molecule has 3 aromatic carbocycles. The van der Waals surface area contributed by atoms with Crippen molar-refractivity contribution >= 4 is 29.1 Å². The predicted molar refractivity (Wildman–Crippen MR) is 136 cm³/mol. The molecular weight excluding hydrogens is 446 g/mol. The minimum absolute atomic E-state index is 0.0884. The molecule has 8 nitrogen and oxygen atoms in total. The molecule has 0 aliphatic carbocycles. The fourth-order valence-corrected chi connectivity index (χ4v) is 3.37. The fourth-order valence-electron chi connectivity index (χ4n) is 3.37. The Balaban J connectivity index is 1.80. The van der Waals surface area contributed by atoms with E-state index in [1.165, 1.54) is 6.08 Å². The molecule has 0 saturated carbocycles. The van der Waals surface area contributed by atoms with Gasteiger partial charge in [0.05, 0.1) is 18.0 Å². The van der Waals surface area contributed by atoms with Gasteiger partial charge < -0.3 is 25.6 Å². The molecule has 182 valence electrons. The second-order valence-corrected chi connectivity index (χ2v) is 7.72. The SMILES string of the molecule is C[C@@H](/C=C/C(=O)Nc1ccccc1N)[C@@H](OC(=O)Nc1ccccc1)c1ccccc1OCCO. The quantitative estimate of drug-likeness (QED) is 0.248. The van der Waals surface area contributed by atoms with Crippen molar-refractivity contribution in [2.45, 2.75) is 13.0 Å². The highest BCUT2D eigenvalue weighted by Crippen LogP contribution is 2.34. The van der Waals surface area contributed by atoms with Gasteiger partial charge in [0.25, 0.3) is 0 Å². The normalized spacial score (nSPS) is 12.5. The van der Waals surface area contributed by atoms with Gasteiger partial charge in [-0.3, -0.25) is 10.1 Å². The van der Waals surface area contributed by atoms with Crippen LogP contribution in [-0.4, -0.2) is 30.3 Å². The summed E-state index contributed by atoms with van der Waals surface area (Å²) in [6.45, 7) is 1.75. The van der Waals surface area contributed by atoms with Gasteiger partial charge in [0.15, 0.2) is 0 Å². The summed E-state index contributed by atoms with van der Waals surface area (Å²) >= 11 is 0. The van der Waals surface area contributed by atoms with Gasteiger partial charge in [0.2, 0.25) is 5.91 Å². The molecule has 3 aromatic rings. The van der Waals surface area contributed by atoms with Crippen LogP contribution in [0, 0.1) is 5.92 Å². The van der Waals surface area contributed by atoms with Gasteiger partial charge in [0, 0.05) is 17.2 Å². The van der Waals surface area contributed by atoms with Crippen LogP contribution >= 0.6 is 0 Å². The summed E-state index contributed by atoms with van der Waals surface area (Å²) in [6.07, 6.45) is 1.59. The van der Waals surface area contributed by atoms with Crippen LogP contribution in [0.1, 0.15) is 18.6 Å². The lowest BCUT2D eigenvalue weighted by Gasteiger charge is -2.24. The lowest BCUT2D eigenvalue weighted by Crippen LogP contribution is -2.22. The maximum absolute atomic E-state index is 12.7. The van der Waals surface area contributed by atoms with E-state index in [4.69, 9.17) is 15.2 Å². The molecule has 0 aliphatic heterocycles. The zero-order valence-electron chi connectivity index (χ0n) is 19.4. The van der Waals surface area contributed by atoms with Gasteiger partial charge >= 0.3 is 6.09 Å². The Morgan fingerprint density at radius 1 is 0.971 bits per heavy atom. The molecule has 0 radical (unpaired) electrons. The van der Waals surface area contributed by atoms with E-state index >= 15 is 0 Å². The van der Waals surface area contributed by atoms with Crippen LogP contribution in [0.5, 0.6) is 5.75 Å². The molecular formula is C27H29N3O5. The number of nitrogen functional groups attached to an aromatic ring is 1. The van der Waals surface area contributed by atoms with E-state index < -0.39 is 18.1 Å². The average molecular weight is 476 g/mol. The zero-order valence-corrected chi connectivity index (χ0v) is 19.4. The highest BCUT2D eigenvalue weighted by Gasteiger charge is 2.25. The number of hydrogen-bond acceptors (Lipinski definition) is 6. The van der Waals surface area contributed by atoms with Crippen LogP contribution < -0.4 is 21.1 Å². The smallest absolute Gasteiger partial charge is 0.412 e. The van der Waals surface area contributed by atoms with Crippen molar-refractivity contribution in [1.82, 2.24) is 0 Å². The number of rotatable bonds is 10. The third-order valence-corrected chi connectivity index (χ3v) is 5.08. The Labute approximate surface area is 204 Å². The van der Waals surface area contributed by atoms with E-state index in [0.717, 1.165) is 0 Å². The van der Waals surface area contributed by atoms with Crippen molar-refractivity contribution in [3.8, 4) is 5.75 Å². The molecule has 8 heteroatoms. The summed E-state index contributed by atoms with van der Waals surface area (Å²) in [4.78, 5) is 25.2. The highest BCUT2D eigenvalue weighted by molar-refractivity contribution is 6.01. The lowest BCUT2D eigenvalue weighted by atomic mass is 9.95. The number of nitrogens with one attached hydrogen (secondary N) is 2. The number of para-hydroxylation sites is 4. The molecule has 0 unspecified atom stereocenters. The number of aliphatic hydroxyl groups excluding tert-OH is 1. The largest absolute Gasteiger partial charge is 0.491 e. The van der Waals surface area contributed by atoms with E-state index in [2.05, 4.69) is 10.6 Å². The van der Waals surface area contributed by atoms with Gasteiger partial charge in [-0.15, -0.1) is 0 Å². The Hall–Kier alpha value is -4.30. The first-order valence-corrected chi connectivity index (χ1v) is 11.2. The number of carbonyl (C=O) groups is 2. The van der Waals surface area contributed by atoms with Crippen molar-refractivity contribution in [3.05, 3.63) is 96.6 Å². The van der Waals surface area contributed by atoms with Crippen LogP contribution in [0.15, 0.2) is 91.0 Å². The fraction of sp³-hybridized carbons (Fsp3) is 0.185. The minimum Gasteiger partial charge on any atom is -0.491 e. The van der Waals surface area contributed by atoms with E-state index in [1.54, 1.807) is 78.9 Å². The maximum atomic E-state index is 12.7. The monoisotopic (exact) mass is 475 g/mol. The van der Waals surface area contributed by atoms with E-state index in [-0.39, 0.29) is 19.1 Å². The number of aliphatic hydroxyl groups is 1. The molecule has 2 amide bonds. The van der Waals surface area contributed by atoms with Crippen LogP contribution in [0.25, 0.3) is 0 Å². The summed E-state index contributed by atoms with van der Waals surface area (Å²) in [5.74, 6) is -0.304. The molecule has 0 heterocycles. The van der Waals surface area contributed by atoms with Crippen molar-refractivity contribution in [2.75, 3.05) is 29.6 Å². The average Bonchev–Trinajstić information content (AvgIpc) is 2.87. The number of hydrogen-bond donors (Lipinski definition) is 4. The molecule has 0 aliphatic rings. The molecule has 0 spiro atoms. The van der Waals surface area contributed by atoms with Gasteiger partial charge in [-0.25, -0.2) is 4.79 Å². The predicted octanol–water partition coefficient (Wildman–Crippen LogP) is 4.76. The molecule has 0 fully saturated rings. The van der Waals surface area contributed by atoms with Crippen LogP contribution in [0.2, 0.25) is 0 Å². The molecule has 0 aromatic heterocycles. The summed E-state index contributed by atoms with van der Waals surface area (Å²) in [6, 6.07) is 23.0. The Morgan fingerprint density at radius 3 is 2.40 bits per heavy atom. The van der Waals surface area contributed by atoms with Crippen molar-refractivity contribution < 1.29 is 24.2 Å². The van der Waals surface area contributed by atoms with Gasteiger partial charge in [-0.1, -0.05) is 61.5 Å². The van der Waals surface area contributed by atoms with E-state index in [1.807, 2.05) is 13.0 Å². The first-order valence-electron chi connectivity index (χ1n) is 11.2. The second-order valence-electron chi connectivity index (χ2n) is 7.72. The van der Waals surface area contributed by atoms with Crippen molar-refractivity contribution in [1.29, 1.82) is 0 Å². The first kappa shape index (κ1) is 25.3. The molecule has 2 atom stereocenters. The Morgan fingerprint density at radius 2 is 1.66 bits per heavy atom. The number of benzene rings is 3. The zero-order chi connectivity index (χ0) is 25.0. The summed E-state index contributed by atoms with van der Waals surface area (Å²) in [7, 11) is 0. The molecule has 35 heavy (non-hydrogen) atoms. The van der Waals surface area contributed by atoms with Gasteiger partial charge in [-0.05, 0) is 36.4 Å². The van der Waals surface area contributed by atoms with Crippen LogP contribution in [-0.2, 0) is 9.53 Å². The Kier molecular flexibility index (Phi) is 9.27. The standard InChI is InChI=1S/C27H29N3O5/c1-19(15-16-25(32)30-23-13-7-6-12-22(23)28)26(21-11-5-8-14-24(21)34-18-17-31)35-27(33)29-20-9-3-2-4-10-20/h2-16,19,26,31H,17-18,28H2,1H3,(H,29,33)(H,30,32)/b16-15+/t19-,26+/m0/s1. The summed E-state index contributed by atoms with van der Waals surface area (Å²) < 4.78 is 11.5. The summed E-state index contributed by atoms with van der Waals surface area (Å²) in [5.41, 5.74) is 8.04. The molecule has 0 bridgehead atoms. The number of nitrogens with two attached hydrogens (primary N) is 1. The van der Waals surface area contributed by atoms with E-state index in [0.29, 0.717) is 28.4 Å². The molecule has 3 rings (SSSR count). The third kappa shape index (κ3) is 7.62. The Bertz CT molecular complexity index is 1150. The highest BCUT2D eigenvalue weighted by atomic mass is 16.6. The van der Waals surface area contributed by atoms with Crippen LogP contribution in [0.3, 0.4) is 0 Å². The minimum atomic E-state index is -0.778. The number of amides is 2. The van der Waals surface area contributed by atoms with E-state index in [9.17, 15) is 14.7 Å². The maximum Gasteiger partial charge on any atom is 0.412 e. The van der Waals surface area contributed by atoms with Crippen LogP contribution in [0.4, 0.5) is 21.9 Å². The van der Waals surface area contributed by atoms with Gasteiger partial charge in [0.1, 0.15) is 18.5 Å². The number of carbonyl (C=O) groups excluding carboxylic acids is 2. The topological polar surface area (TPSA) is 123 Å². The number of ether oxygens (including phenoxy) is 2. The first-order chi connectivity index (χ1) is 17.0. The third-order valence-electron chi connectivity index (χ3n) is 5.08. The van der Waals surface area contributed by atoms with Crippen molar-refractivity contribution in [2.24, 2.45) is 5.92 Å². The molecule has 5 N–H and O–H groups in total. The lowest BCUT2D eigenvalue weighted by molar-refractivity contribution is -0.111. The molecule has 0 saturated heterocycles.